The highest BCUT2D eigenvalue weighted by atomic mass is 35.5. The molecule has 0 spiro atoms. The summed E-state index contributed by atoms with van der Waals surface area (Å²) in [6.45, 7) is 2.95. The highest BCUT2D eigenvalue weighted by molar-refractivity contribution is 6.30. The molecule has 1 heterocycles. The van der Waals surface area contributed by atoms with Crippen LogP contribution in [0.4, 0.5) is 4.79 Å². The average Bonchev–Trinajstić information content (AvgIpc) is 2.79. The second-order valence-electron chi connectivity index (χ2n) is 7.18. The zero-order chi connectivity index (χ0) is 22.9. The van der Waals surface area contributed by atoms with Crippen molar-refractivity contribution in [2.45, 2.75) is 25.8 Å². The van der Waals surface area contributed by atoms with Crippen LogP contribution in [0.15, 0.2) is 48.5 Å². The van der Waals surface area contributed by atoms with Crippen LogP contribution in [0.25, 0.3) is 0 Å². The Morgan fingerprint density at radius 2 is 1.62 bits per heavy atom. The van der Waals surface area contributed by atoms with Gasteiger partial charge in [-0.1, -0.05) is 11.6 Å². The van der Waals surface area contributed by atoms with Crippen molar-refractivity contribution < 1.29 is 28.6 Å². The molecule has 0 radical (unpaired) electrons. The van der Waals surface area contributed by atoms with Gasteiger partial charge in [-0.3, -0.25) is 9.59 Å². The maximum Gasteiger partial charge on any atom is 0.513 e. The predicted octanol–water partition coefficient (Wildman–Crippen LogP) is 3.68. The number of carbonyl (C=O) groups excluding carboxylic acids is 3. The lowest BCUT2D eigenvalue weighted by atomic mass is 10.0. The minimum Gasteiger partial charge on any atom is -0.484 e. The van der Waals surface area contributed by atoms with Crippen molar-refractivity contribution in [3.8, 4) is 11.5 Å². The first kappa shape index (κ1) is 23.4. The molecule has 0 unspecified atom stereocenters. The normalized spacial score (nSPS) is 13.9. The van der Waals surface area contributed by atoms with Gasteiger partial charge in [-0.25, -0.2) is 4.79 Å². The number of likely N-dealkylation sites (tertiary alicyclic amines) is 1. The van der Waals surface area contributed by atoms with Gasteiger partial charge in [-0.2, -0.15) is 0 Å². The van der Waals surface area contributed by atoms with Crippen LogP contribution in [0.5, 0.6) is 11.5 Å². The second-order valence-corrected chi connectivity index (χ2v) is 7.62. The van der Waals surface area contributed by atoms with Gasteiger partial charge in [0.2, 0.25) is 0 Å². The zero-order valence-electron chi connectivity index (χ0n) is 17.7. The Morgan fingerprint density at radius 3 is 2.25 bits per heavy atom. The van der Waals surface area contributed by atoms with E-state index in [1.54, 1.807) is 48.2 Å². The summed E-state index contributed by atoms with van der Waals surface area (Å²) in [5.74, 6) is 0.571. The number of nitrogens with zero attached hydrogens (tertiary/aromatic N) is 1. The van der Waals surface area contributed by atoms with Gasteiger partial charge in [0.05, 0.1) is 6.61 Å². The number of amides is 2. The molecule has 32 heavy (non-hydrogen) atoms. The number of benzene rings is 2. The molecule has 0 bridgehead atoms. The average molecular weight is 461 g/mol. The van der Waals surface area contributed by atoms with Gasteiger partial charge < -0.3 is 24.4 Å². The van der Waals surface area contributed by atoms with Crippen molar-refractivity contribution in [1.82, 2.24) is 10.2 Å². The first-order valence-corrected chi connectivity index (χ1v) is 10.7. The molecular formula is C23H25ClN2O6. The number of hydrogen-bond acceptors (Lipinski definition) is 6. The van der Waals surface area contributed by atoms with Gasteiger partial charge in [0.15, 0.2) is 6.61 Å². The minimum absolute atomic E-state index is 0.0285. The van der Waals surface area contributed by atoms with Gasteiger partial charge in [-0.05, 0) is 68.3 Å². The first-order chi connectivity index (χ1) is 15.4. The SMILES string of the molecule is CCOC(=O)Oc1ccc(C(=O)NC2CCN(C(=O)COc3ccc(Cl)cc3)CC2)cc1. The Kier molecular flexibility index (Phi) is 8.33. The van der Waals surface area contributed by atoms with Crippen LogP contribution in [0, 0.1) is 0 Å². The number of halogens is 1. The Bertz CT molecular complexity index is 925. The Labute approximate surface area is 191 Å². The fourth-order valence-electron chi connectivity index (χ4n) is 3.23. The molecule has 8 nitrogen and oxygen atoms in total. The summed E-state index contributed by atoms with van der Waals surface area (Å²) in [7, 11) is 0. The summed E-state index contributed by atoms with van der Waals surface area (Å²) >= 11 is 5.84. The van der Waals surface area contributed by atoms with Crippen molar-refractivity contribution in [3.05, 3.63) is 59.1 Å². The van der Waals surface area contributed by atoms with Crippen molar-refractivity contribution in [3.63, 3.8) is 0 Å². The van der Waals surface area contributed by atoms with Crippen molar-refractivity contribution in [1.29, 1.82) is 0 Å². The van der Waals surface area contributed by atoms with E-state index in [1.165, 1.54) is 12.1 Å². The number of piperidine rings is 1. The Balaban J connectivity index is 1.41. The van der Waals surface area contributed by atoms with E-state index in [0.717, 1.165) is 0 Å². The van der Waals surface area contributed by atoms with Crippen molar-refractivity contribution >= 4 is 29.6 Å². The number of rotatable bonds is 7. The van der Waals surface area contributed by atoms with Crippen LogP contribution in [-0.4, -0.2) is 55.2 Å². The van der Waals surface area contributed by atoms with E-state index in [2.05, 4.69) is 5.32 Å². The van der Waals surface area contributed by atoms with Crippen LogP contribution in [-0.2, 0) is 9.53 Å². The van der Waals surface area contributed by atoms with E-state index in [0.29, 0.717) is 48.0 Å². The molecule has 170 valence electrons. The summed E-state index contributed by atoms with van der Waals surface area (Å²) in [6, 6.07) is 13.0. The zero-order valence-corrected chi connectivity index (χ0v) is 18.5. The van der Waals surface area contributed by atoms with Gasteiger partial charge in [0, 0.05) is 29.7 Å². The van der Waals surface area contributed by atoms with E-state index in [9.17, 15) is 14.4 Å². The maximum absolute atomic E-state index is 12.5. The maximum atomic E-state index is 12.5. The van der Waals surface area contributed by atoms with Crippen LogP contribution in [0.1, 0.15) is 30.1 Å². The van der Waals surface area contributed by atoms with Crippen LogP contribution < -0.4 is 14.8 Å². The lowest BCUT2D eigenvalue weighted by Gasteiger charge is -2.32. The molecule has 0 saturated carbocycles. The Hall–Kier alpha value is -3.26. The third kappa shape index (κ3) is 6.88. The number of ether oxygens (including phenoxy) is 3. The minimum atomic E-state index is -0.787. The molecule has 9 heteroatoms. The van der Waals surface area contributed by atoms with Gasteiger partial charge in [-0.15, -0.1) is 0 Å². The molecule has 0 aliphatic carbocycles. The predicted molar refractivity (Wildman–Crippen MR) is 118 cm³/mol. The molecule has 0 aromatic heterocycles. The lowest BCUT2D eigenvalue weighted by molar-refractivity contribution is -0.134. The van der Waals surface area contributed by atoms with Crippen molar-refractivity contribution in [2.24, 2.45) is 0 Å². The van der Waals surface area contributed by atoms with Gasteiger partial charge >= 0.3 is 6.16 Å². The molecular weight excluding hydrogens is 436 g/mol. The summed E-state index contributed by atoms with van der Waals surface area (Å²) in [5, 5.41) is 3.59. The summed E-state index contributed by atoms with van der Waals surface area (Å²) in [6.07, 6.45) is 0.523. The van der Waals surface area contributed by atoms with E-state index in [4.69, 9.17) is 25.8 Å². The molecule has 1 fully saturated rings. The van der Waals surface area contributed by atoms with Crippen LogP contribution in [0.3, 0.4) is 0 Å². The topological polar surface area (TPSA) is 94.2 Å². The summed E-state index contributed by atoms with van der Waals surface area (Å²) < 4.78 is 15.2. The highest BCUT2D eigenvalue weighted by Gasteiger charge is 2.24. The van der Waals surface area contributed by atoms with Gasteiger partial charge in [0.25, 0.3) is 11.8 Å². The molecule has 0 atom stereocenters. The van der Waals surface area contributed by atoms with Crippen molar-refractivity contribution in [2.75, 3.05) is 26.3 Å². The van der Waals surface area contributed by atoms with E-state index in [-0.39, 0.29) is 31.1 Å². The summed E-state index contributed by atoms with van der Waals surface area (Å²) in [4.78, 5) is 37.9. The number of carbonyl (C=O) groups is 3. The standard InChI is InChI=1S/C23H25ClN2O6/c1-2-30-23(29)32-20-7-3-16(4-8-20)22(28)25-18-11-13-26(14-12-18)21(27)15-31-19-9-5-17(24)6-10-19/h3-10,18H,2,11-15H2,1H3,(H,25,28). The number of hydrogen-bond donors (Lipinski definition) is 1. The molecule has 1 saturated heterocycles. The fourth-order valence-corrected chi connectivity index (χ4v) is 3.35. The van der Waals surface area contributed by atoms with Crippen LogP contribution >= 0.6 is 11.6 Å². The largest absolute Gasteiger partial charge is 0.513 e. The fraction of sp³-hybridized carbons (Fsp3) is 0.348. The third-order valence-corrected chi connectivity index (χ3v) is 5.19. The highest BCUT2D eigenvalue weighted by Crippen LogP contribution is 2.17. The lowest BCUT2D eigenvalue weighted by Crippen LogP contribution is -2.47. The molecule has 1 aliphatic heterocycles. The molecule has 2 aromatic rings. The van der Waals surface area contributed by atoms with Crippen LogP contribution in [0.2, 0.25) is 5.02 Å². The molecule has 1 N–H and O–H groups in total. The first-order valence-electron chi connectivity index (χ1n) is 10.4. The molecule has 2 amide bonds. The third-order valence-electron chi connectivity index (χ3n) is 4.94. The second kappa shape index (κ2) is 11.4. The van der Waals surface area contributed by atoms with Gasteiger partial charge in [0.1, 0.15) is 11.5 Å². The smallest absolute Gasteiger partial charge is 0.484 e. The molecule has 1 aliphatic rings. The Morgan fingerprint density at radius 1 is 1.00 bits per heavy atom. The number of nitrogens with one attached hydrogen (secondary N) is 1. The monoisotopic (exact) mass is 460 g/mol. The molecule has 2 aromatic carbocycles. The quantitative estimate of drug-likeness (QED) is 0.500. The van der Waals surface area contributed by atoms with E-state index >= 15 is 0 Å². The molecule has 3 rings (SSSR count). The van der Waals surface area contributed by atoms with E-state index in [1.807, 2.05) is 0 Å². The van der Waals surface area contributed by atoms with E-state index < -0.39 is 6.16 Å². The summed E-state index contributed by atoms with van der Waals surface area (Å²) in [5.41, 5.74) is 0.455.